The maximum absolute atomic E-state index is 13.5. The number of hydrogen-bond donors (Lipinski definition) is 1. The Bertz CT molecular complexity index is 607. The second kappa shape index (κ2) is 7.50. The molecule has 1 N–H and O–H groups in total. The summed E-state index contributed by atoms with van der Waals surface area (Å²) in [6, 6.07) is 3.98. The van der Waals surface area contributed by atoms with Crippen LogP contribution < -0.4 is 4.72 Å². The van der Waals surface area contributed by atoms with Crippen LogP contribution >= 0.6 is 0 Å². The summed E-state index contributed by atoms with van der Waals surface area (Å²) in [5.41, 5.74) is 0.434. The molecule has 0 amide bonds. The third-order valence-electron chi connectivity index (χ3n) is 4.00. The molecule has 1 aromatic carbocycles. The number of sulfonamides is 1. The molecule has 1 unspecified atom stereocenters. The average molecular weight is 330 g/mol. The van der Waals surface area contributed by atoms with E-state index in [-0.39, 0.29) is 10.8 Å². The summed E-state index contributed by atoms with van der Waals surface area (Å²) < 4.78 is 45.5. The standard InChI is InChI=1S/C15H23FN2O3S/c1-12-3-4-14(9-15(12)16)22(19,20)17-10-13-5-6-18(11-13)7-8-21-2/h3-4,9,13,17H,5-8,10-11H2,1-2H3. The van der Waals surface area contributed by atoms with Crippen molar-refractivity contribution in [2.75, 3.05) is 39.9 Å². The Morgan fingerprint density at radius 1 is 1.45 bits per heavy atom. The zero-order chi connectivity index (χ0) is 16.2. The molecule has 2 rings (SSSR count). The Kier molecular flexibility index (Phi) is 5.91. The van der Waals surface area contributed by atoms with Crippen LogP contribution in [-0.2, 0) is 14.8 Å². The average Bonchev–Trinajstić information content (AvgIpc) is 2.94. The molecule has 1 aliphatic heterocycles. The number of hydrogen-bond acceptors (Lipinski definition) is 4. The van der Waals surface area contributed by atoms with Crippen molar-refractivity contribution in [3.05, 3.63) is 29.6 Å². The molecule has 1 aliphatic rings. The van der Waals surface area contributed by atoms with Crippen LogP contribution in [0.3, 0.4) is 0 Å². The van der Waals surface area contributed by atoms with Crippen LogP contribution in [0.5, 0.6) is 0 Å². The number of methoxy groups -OCH3 is 1. The van der Waals surface area contributed by atoms with Gasteiger partial charge in [-0.15, -0.1) is 0 Å². The van der Waals surface area contributed by atoms with Gasteiger partial charge in [0.25, 0.3) is 0 Å². The van der Waals surface area contributed by atoms with Gasteiger partial charge in [-0.25, -0.2) is 17.5 Å². The fourth-order valence-corrected chi connectivity index (χ4v) is 3.68. The van der Waals surface area contributed by atoms with Gasteiger partial charge in [-0.1, -0.05) is 6.07 Å². The summed E-state index contributed by atoms with van der Waals surface area (Å²) in [5.74, 6) is -0.226. The van der Waals surface area contributed by atoms with Gasteiger partial charge in [0, 0.05) is 26.7 Å². The Hall–Kier alpha value is -1.02. The molecule has 1 atom stereocenters. The minimum atomic E-state index is -3.65. The van der Waals surface area contributed by atoms with Crippen LogP contribution in [0.25, 0.3) is 0 Å². The van der Waals surface area contributed by atoms with E-state index in [4.69, 9.17) is 4.74 Å². The van der Waals surface area contributed by atoms with E-state index < -0.39 is 15.8 Å². The molecule has 5 nitrogen and oxygen atoms in total. The lowest BCUT2D eigenvalue weighted by molar-refractivity contribution is 0.159. The smallest absolute Gasteiger partial charge is 0.240 e. The number of rotatable bonds is 7. The number of likely N-dealkylation sites (tertiary alicyclic amines) is 1. The topological polar surface area (TPSA) is 58.6 Å². The molecule has 1 fully saturated rings. The van der Waals surface area contributed by atoms with Crippen LogP contribution in [-0.4, -0.2) is 53.2 Å². The van der Waals surface area contributed by atoms with E-state index in [1.165, 1.54) is 12.1 Å². The second-order valence-electron chi connectivity index (χ2n) is 5.71. The van der Waals surface area contributed by atoms with Crippen LogP contribution in [0, 0.1) is 18.7 Å². The number of nitrogens with zero attached hydrogens (tertiary/aromatic N) is 1. The zero-order valence-electron chi connectivity index (χ0n) is 13.0. The highest BCUT2D eigenvalue weighted by molar-refractivity contribution is 7.89. The predicted molar refractivity (Wildman–Crippen MR) is 82.7 cm³/mol. The number of halogens is 1. The van der Waals surface area contributed by atoms with Gasteiger partial charge in [-0.3, -0.25) is 0 Å². The number of nitrogens with one attached hydrogen (secondary N) is 1. The molecule has 0 radical (unpaired) electrons. The van der Waals surface area contributed by atoms with Gasteiger partial charge in [0.15, 0.2) is 0 Å². The normalized spacial score (nSPS) is 19.7. The summed E-state index contributed by atoms with van der Waals surface area (Å²) in [7, 11) is -1.99. The van der Waals surface area contributed by atoms with E-state index in [9.17, 15) is 12.8 Å². The van der Waals surface area contributed by atoms with Crippen molar-refractivity contribution in [3.8, 4) is 0 Å². The maximum Gasteiger partial charge on any atom is 0.240 e. The van der Waals surface area contributed by atoms with E-state index >= 15 is 0 Å². The van der Waals surface area contributed by atoms with Crippen LogP contribution in [0.2, 0.25) is 0 Å². The predicted octanol–water partition coefficient (Wildman–Crippen LogP) is 1.38. The van der Waals surface area contributed by atoms with Gasteiger partial charge < -0.3 is 9.64 Å². The Labute approximate surface area is 131 Å². The molecule has 0 aromatic heterocycles. The van der Waals surface area contributed by atoms with Crippen LogP contribution in [0.4, 0.5) is 4.39 Å². The quantitative estimate of drug-likeness (QED) is 0.821. The molecule has 22 heavy (non-hydrogen) atoms. The van der Waals surface area contributed by atoms with E-state index in [0.717, 1.165) is 32.1 Å². The highest BCUT2D eigenvalue weighted by Gasteiger charge is 2.24. The molecule has 124 valence electrons. The summed E-state index contributed by atoms with van der Waals surface area (Å²) in [4.78, 5) is 2.23. The fraction of sp³-hybridized carbons (Fsp3) is 0.600. The van der Waals surface area contributed by atoms with Crippen molar-refractivity contribution in [1.29, 1.82) is 0 Å². The number of ether oxygens (including phenoxy) is 1. The highest BCUT2D eigenvalue weighted by Crippen LogP contribution is 2.17. The van der Waals surface area contributed by atoms with E-state index in [0.29, 0.717) is 18.7 Å². The van der Waals surface area contributed by atoms with Gasteiger partial charge in [0.1, 0.15) is 5.82 Å². The molecule has 1 saturated heterocycles. The minimum Gasteiger partial charge on any atom is -0.383 e. The Morgan fingerprint density at radius 2 is 2.23 bits per heavy atom. The Balaban J connectivity index is 1.89. The number of aryl methyl sites for hydroxylation is 1. The highest BCUT2D eigenvalue weighted by atomic mass is 32.2. The van der Waals surface area contributed by atoms with Crippen molar-refractivity contribution in [3.63, 3.8) is 0 Å². The van der Waals surface area contributed by atoms with Gasteiger partial charge in [0.05, 0.1) is 11.5 Å². The molecule has 1 aromatic rings. The maximum atomic E-state index is 13.5. The third kappa shape index (κ3) is 4.49. The first-order chi connectivity index (χ1) is 10.4. The summed E-state index contributed by atoms with van der Waals surface area (Å²) in [6.07, 6.45) is 0.953. The zero-order valence-corrected chi connectivity index (χ0v) is 13.8. The molecule has 0 saturated carbocycles. The van der Waals surface area contributed by atoms with E-state index in [2.05, 4.69) is 9.62 Å². The Morgan fingerprint density at radius 3 is 2.91 bits per heavy atom. The van der Waals surface area contributed by atoms with E-state index in [1.807, 2.05) is 0 Å². The molecule has 0 spiro atoms. The van der Waals surface area contributed by atoms with Crippen molar-refractivity contribution < 1.29 is 17.5 Å². The lowest BCUT2D eigenvalue weighted by Crippen LogP contribution is -2.31. The molecular weight excluding hydrogens is 307 g/mol. The number of benzene rings is 1. The summed E-state index contributed by atoms with van der Waals surface area (Å²) in [6.45, 7) is 5.33. The van der Waals surface area contributed by atoms with E-state index in [1.54, 1.807) is 14.0 Å². The van der Waals surface area contributed by atoms with Crippen LogP contribution in [0.1, 0.15) is 12.0 Å². The second-order valence-corrected chi connectivity index (χ2v) is 7.48. The van der Waals surface area contributed by atoms with Gasteiger partial charge >= 0.3 is 0 Å². The molecule has 7 heteroatoms. The van der Waals surface area contributed by atoms with Crippen LogP contribution in [0.15, 0.2) is 23.1 Å². The lowest BCUT2D eigenvalue weighted by Gasteiger charge is -2.15. The molecule has 0 aliphatic carbocycles. The SMILES string of the molecule is COCCN1CCC(CNS(=O)(=O)c2ccc(C)c(F)c2)C1. The van der Waals surface area contributed by atoms with Crippen molar-refractivity contribution in [2.24, 2.45) is 5.92 Å². The van der Waals surface area contributed by atoms with Gasteiger partial charge in [-0.05, 0) is 43.5 Å². The fourth-order valence-electron chi connectivity index (χ4n) is 2.55. The van der Waals surface area contributed by atoms with Gasteiger partial charge in [-0.2, -0.15) is 0 Å². The summed E-state index contributed by atoms with van der Waals surface area (Å²) in [5, 5.41) is 0. The first-order valence-corrected chi connectivity index (χ1v) is 8.88. The van der Waals surface area contributed by atoms with Crippen molar-refractivity contribution in [1.82, 2.24) is 9.62 Å². The molecule has 1 heterocycles. The minimum absolute atomic E-state index is 0.0233. The monoisotopic (exact) mass is 330 g/mol. The van der Waals surface area contributed by atoms with Gasteiger partial charge in [0.2, 0.25) is 10.0 Å². The molecular formula is C15H23FN2O3S. The molecule has 0 bridgehead atoms. The third-order valence-corrected chi connectivity index (χ3v) is 5.42. The largest absolute Gasteiger partial charge is 0.383 e. The van der Waals surface area contributed by atoms with Crippen molar-refractivity contribution >= 4 is 10.0 Å². The first kappa shape index (κ1) is 17.3. The van der Waals surface area contributed by atoms with Crippen molar-refractivity contribution in [2.45, 2.75) is 18.2 Å². The summed E-state index contributed by atoms with van der Waals surface area (Å²) >= 11 is 0. The first-order valence-electron chi connectivity index (χ1n) is 7.39. The lowest BCUT2D eigenvalue weighted by atomic mass is 10.1.